The van der Waals surface area contributed by atoms with Gasteiger partial charge in [0.1, 0.15) is 6.54 Å². The molecule has 5 nitrogen and oxygen atoms in total. The average Bonchev–Trinajstić information content (AvgIpc) is 3.12. The van der Waals surface area contributed by atoms with E-state index in [1.807, 2.05) is 31.2 Å². The molecule has 0 bridgehead atoms. The number of anilines is 1. The van der Waals surface area contributed by atoms with Crippen LogP contribution < -0.4 is 19.7 Å². The Balaban J connectivity index is 1.30. The lowest BCUT2D eigenvalue weighted by Crippen LogP contribution is -3.13. The SMILES string of the molecule is Cc1cc(Cl)ccc1NC(=S)N1CC[NH+](Cc2ccc3c(c2)OCO3)CC1. The lowest BCUT2D eigenvalue weighted by molar-refractivity contribution is -0.917. The van der Waals surface area contributed by atoms with Crippen molar-refractivity contribution >= 4 is 34.6 Å². The third-order valence-corrected chi connectivity index (χ3v) is 5.67. The van der Waals surface area contributed by atoms with E-state index in [1.54, 1.807) is 4.90 Å². The van der Waals surface area contributed by atoms with Crippen molar-refractivity contribution in [3.05, 3.63) is 52.5 Å². The van der Waals surface area contributed by atoms with Crippen LogP contribution in [0.1, 0.15) is 11.1 Å². The highest BCUT2D eigenvalue weighted by Gasteiger charge is 2.23. The Labute approximate surface area is 169 Å². The van der Waals surface area contributed by atoms with Gasteiger partial charge in [-0.2, -0.15) is 0 Å². The van der Waals surface area contributed by atoms with Crippen LogP contribution in [0.3, 0.4) is 0 Å². The summed E-state index contributed by atoms with van der Waals surface area (Å²) in [5, 5.41) is 4.88. The zero-order chi connectivity index (χ0) is 18.8. The van der Waals surface area contributed by atoms with Crippen LogP contribution in [-0.4, -0.2) is 43.0 Å². The van der Waals surface area contributed by atoms with Crippen LogP contribution in [0, 0.1) is 6.92 Å². The number of ether oxygens (including phenoxy) is 2. The molecule has 2 N–H and O–H groups in total. The fraction of sp³-hybridized carbons (Fsp3) is 0.350. The summed E-state index contributed by atoms with van der Waals surface area (Å²) in [5.74, 6) is 1.70. The summed E-state index contributed by atoms with van der Waals surface area (Å²) in [4.78, 5) is 3.79. The Hall–Kier alpha value is -2.02. The monoisotopic (exact) mass is 404 g/mol. The molecule has 2 aromatic rings. The van der Waals surface area contributed by atoms with Gasteiger partial charge in [-0.1, -0.05) is 11.6 Å². The molecule has 0 unspecified atom stereocenters. The highest BCUT2D eigenvalue weighted by atomic mass is 35.5. The zero-order valence-electron chi connectivity index (χ0n) is 15.3. The Morgan fingerprint density at radius 2 is 1.93 bits per heavy atom. The average molecular weight is 405 g/mol. The lowest BCUT2D eigenvalue weighted by Gasteiger charge is -2.34. The maximum atomic E-state index is 6.03. The molecular formula is C20H23ClN3O2S+. The van der Waals surface area contributed by atoms with Gasteiger partial charge in [0, 0.05) is 16.3 Å². The van der Waals surface area contributed by atoms with Crippen LogP contribution in [0.2, 0.25) is 5.02 Å². The van der Waals surface area contributed by atoms with Gasteiger partial charge < -0.3 is 24.6 Å². The number of thiocarbonyl (C=S) groups is 1. The second-order valence-corrected chi connectivity index (χ2v) is 7.81. The van der Waals surface area contributed by atoms with E-state index < -0.39 is 0 Å². The van der Waals surface area contributed by atoms with E-state index in [4.69, 9.17) is 33.3 Å². The molecule has 0 spiro atoms. The van der Waals surface area contributed by atoms with Crippen molar-refractivity contribution in [1.29, 1.82) is 0 Å². The van der Waals surface area contributed by atoms with E-state index in [0.29, 0.717) is 6.79 Å². The van der Waals surface area contributed by atoms with E-state index in [0.717, 1.165) is 65.6 Å². The number of quaternary nitrogens is 1. The predicted molar refractivity (Wildman–Crippen MR) is 111 cm³/mol. The summed E-state index contributed by atoms with van der Waals surface area (Å²) in [6.45, 7) is 7.33. The molecule has 1 fully saturated rings. The van der Waals surface area contributed by atoms with Crippen molar-refractivity contribution in [2.24, 2.45) is 0 Å². The summed E-state index contributed by atoms with van der Waals surface area (Å²) in [5.41, 5.74) is 3.39. The highest BCUT2D eigenvalue weighted by Crippen LogP contribution is 2.32. The minimum Gasteiger partial charge on any atom is -0.454 e. The van der Waals surface area contributed by atoms with Crippen LogP contribution in [0.15, 0.2) is 36.4 Å². The first kappa shape index (κ1) is 18.3. The number of hydrogen-bond donors (Lipinski definition) is 2. The molecule has 0 atom stereocenters. The first-order valence-electron chi connectivity index (χ1n) is 9.13. The fourth-order valence-electron chi connectivity index (χ4n) is 3.50. The number of nitrogens with one attached hydrogen (secondary N) is 2. The van der Waals surface area contributed by atoms with Gasteiger partial charge in [0.25, 0.3) is 0 Å². The Kier molecular flexibility index (Phi) is 5.38. The van der Waals surface area contributed by atoms with Crippen molar-refractivity contribution < 1.29 is 14.4 Å². The van der Waals surface area contributed by atoms with Crippen molar-refractivity contribution in [2.75, 3.05) is 38.3 Å². The molecule has 2 heterocycles. The molecular weight excluding hydrogens is 382 g/mol. The molecule has 142 valence electrons. The number of benzene rings is 2. The van der Waals surface area contributed by atoms with Gasteiger partial charge in [-0.3, -0.25) is 0 Å². The maximum Gasteiger partial charge on any atom is 0.231 e. The van der Waals surface area contributed by atoms with E-state index in [9.17, 15) is 0 Å². The van der Waals surface area contributed by atoms with Gasteiger partial charge in [0.2, 0.25) is 6.79 Å². The maximum absolute atomic E-state index is 6.03. The molecule has 0 aromatic heterocycles. The summed E-state index contributed by atoms with van der Waals surface area (Å²) in [6.07, 6.45) is 0. The van der Waals surface area contributed by atoms with Crippen molar-refractivity contribution in [1.82, 2.24) is 4.90 Å². The topological polar surface area (TPSA) is 38.2 Å². The van der Waals surface area contributed by atoms with Crippen molar-refractivity contribution in [3.63, 3.8) is 0 Å². The quantitative estimate of drug-likeness (QED) is 0.769. The number of nitrogens with zero attached hydrogens (tertiary/aromatic N) is 1. The normalized spacial score (nSPS) is 16.4. The molecule has 0 aliphatic carbocycles. The molecule has 4 rings (SSSR count). The van der Waals surface area contributed by atoms with Gasteiger partial charge in [-0.25, -0.2) is 0 Å². The third kappa shape index (κ3) is 4.29. The van der Waals surface area contributed by atoms with Gasteiger partial charge >= 0.3 is 0 Å². The van der Waals surface area contributed by atoms with E-state index in [2.05, 4.69) is 22.3 Å². The number of rotatable bonds is 3. The molecule has 0 saturated carbocycles. The first-order chi connectivity index (χ1) is 13.1. The minimum absolute atomic E-state index is 0.321. The van der Waals surface area contributed by atoms with Crippen molar-refractivity contribution in [3.8, 4) is 11.5 Å². The largest absolute Gasteiger partial charge is 0.454 e. The molecule has 0 amide bonds. The smallest absolute Gasteiger partial charge is 0.231 e. The predicted octanol–water partition coefficient (Wildman–Crippen LogP) is 2.47. The molecule has 7 heteroatoms. The molecule has 2 aliphatic heterocycles. The van der Waals surface area contributed by atoms with Gasteiger partial charge in [-0.05, 0) is 61.1 Å². The summed E-state index contributed by atoms with van der Waals surface area (Å²) in [7, 11) is 0. The highest BCUT2D eigenvalue weighted by molar-refractivity contribution is 7.80. The van der Waals surface area contributed by atoms with E-state index in [1.165, 1.54) is 5.56 Å². The number of piperazine rings is 1. The molecule has 2 aromatic carbocycles. The second kappa shape index (κ2) is 7.92. The van der Waals surface area contributed by atoms with Gasteiger partial charge in [-0.15, -0.1) is 0 Å². The van der Waals surface area contributed by atoms with Crippen LogP contribution in [0.25, 0.3) is 0 Å². The molecule has 1 saturated heterocycles. The molecule has 2 aliphatic rings. The van der Waals surface area contributed by atoms with Gasteiger partial charge in [0.15, 0.2) is 16.6 Å². The lowest BCUT2D eigenvalue weighted by atomic mass is 10.1. The van der Waals surface area contributed by atoms with Crippen molar-refractivity contribution in [2.45, 2.75) is 13.5 Å². The standard InChI is InChI=1S/C20H22ClN3O2S/c1-14-10-16(21)3-4-17(14)22-20(27)24-8-6-23(7-9-24)12-15-2-5-18-19(11-15)26-13-25-18/h2-5,10-11H,6-9,12-13H2,1H3,(H,22,27)/p+1. The van der Waals surface area contributed by atoms with Gasteiger partial charge in [0.05, 0.1) is 26.2 Å². The van der Waals surface area contributed by atoms with E-state index >= 15 is 0 Å². The number of aryl methyl sites for hydroxylation is 1. The summed E-state index contributed by atoms with van der Waals surface area (Å²) in [6, 6.07) is 12.0. The molecule has 0 radical (unpaired) electrons. The number of fused-ring (bicyclic) bond motifs is 1. The van der Waals surface area contributed by atoms with Crippen LogP contribution in [0.5, 0.6) is 11.5 Å². The third-order valence-electron chi connectivity index (χ3n) is 5.08. The zero-order valence-corrected chi connectivity index (χ0v) is 16.8. The van der Waals surface area contributed by atoms with Crippen LogP contribution >= 0.6 is 23.8 Å². The molecule has 27 heavy (non-hydrogen) atoms. The Morgan fingerprint density at radius 1 is 1.15 bits per heavy atom. The number of hydrogen-bond acceptors (Lipinski definition) is 3. The summed E-state index contributed by atoms with van der Waals surface area (Å²) < 4.78 is 10.9. The minimum atomic E-state index is 0.321. The fourth-order valence-corrected chi connectivity index (χ4v) is 4.02. The van der Waals surface area contributed by atoms with Crippen LogP contribution in [0.4, 0.5) is 5.69 Å². The number of halogens is 1. The first-order valence-corrected chi connectivity index (χ1v) is 9.91. The Bertz CT molecular complexity index is 853. The van der Waals surface area contributed by atoms with E-state index in [-0.39, 0.29) is 0 Å². The van der Waals surface area contributed by atoms with Crippen LogP contribution in [-0.2, 0) is 6.54 Å². The summed E-state index contributed by atoms with van der Waals surface area (Å²) >= 11 is 11.6. The Morgan fingerprint density at radius 3 is 2.70 bits per heavy atom. The second-order valence-electron chi connectivity index (χ2n) is 6.99.